The molecule has 1 heterocycles. The molecule has 0 aliphatic carbocycles. The maximum Gasteiger partial charge on any atom is 0.266 e. The summed E-state index contributed by atoms with van der Waals surface area (Å²) in [4.78, 5) is 3.30. The summed E-state index contributed by atoms with van der Waals surface area (Å²) in [6.07, 6.45) is -2.96. The van der Waals surface area contributed by atoms with Crippen LogP contribution in [0.3, 0.4) is 0 Å². The van der Waals surface area contributed by atoms with E-state index in [2.05, 4.69) is 4.98 Å². The summed E-state index contributed by atoms with van der Waals surface area (Å²) in [6.45, 7) is 0. The van der Waals surface area contributed by atoms with Gasteiger partial charge in [0, 0.05) is 5.56 Å². The number of rotatable bonds is 2. The van der Waals surface area contributed by atoms with Gasteiger partial charge in [-0.05, 0) is 28.7 Å². The van der Waals surface area contributed by atoms with Gasteiger partial charge in [0.2, 0.25) is 5.95 Å². The molecule has 1 aromatic rings. The SMILES string of the molecule is N#CCc1cc(C(F)F)c(I)nc1F. The highest BCUT2D eigenvalue weighted by atomic mass is 127. The highest BCUT2D eigenvalue weighted by Gasteiger charge is 2.16. The Hall–Kier alpha value is -0.840. The van der Waals surface area contributed by atoms with Crippen molar-refractivity contribution in [2.24, 2.45) is 0 Å². The van der Waals surface area contributed by atoms with Gasteiger partial charge in [-0.1, -0.05) is 0 Å². The molecular weight excluding hydrogens is 308 g/mol. The van der Waals surface area contributed by atoms with Gasteiger partial charge in [0.15, 0.2) is 0 Å². The lowest BCUT2D eigenvalue weighted by atomic mass is 10.1. The molecule has 1 rings (SSSR count). The molecule has 0 radical (unpaired) electrons. The lowest BCUT2D eigenvalue weighted by Gasteiger charge is -2.05. The molecular formula is C8H4F3IN2. The van der Waals surface area contributed by atoms with E-state index in [1.165, 1.54) is 22.6 Å². The van der Waals surface area contributed by atoms with Crippen molar-refractivity contribution in [1.82, 2.24) is 4.98 Å². The second kappa shape index (κ2) is 4.59. The summed E-state index contributed by atoms with van der Waals surface area (Å²) in [5.74, 6) is -0.861. The zero-order valence-electron chi connectivity index (χ0n) is 6.77. The zero-order chi connectivity index (χ0) is 10.7. The highest BCUT2D eigenvalue weighted by molar-refractivity contribution is 14.1. The minimum absolute atomic E-state index is 0.0724. The summed E-state index contributed by atoms with van der Waals surface area (Å²) in [5.41, 5.74) is -0.430. The Bertz CT molecular complexity index is 387. The Morgan fingerprint density at radius 2 is 2.21 bits per heavy atom. The molecule has 1 aromatic heterocycles. The number of hydrogen-bond acceptors (Lipinski definition) is 2. The van der Waals surface area contributed by atoms with Crippen LogP contribution in [-0.2, 0) is 6.42 Å². The van der Waals surface area contributed by atoms with Gasteiger partial charge in [0.05, 0.1) is 18.1 Å². The topological polar surface area (TPSA) is 36.7 Å². The van der Waals surface area contributed by atoms with E-state index in [9.17, 15) is 13.2 Å². The van der Waals surface area contributed by atoms with Crippen molar-refractivity contribution < 1.29 is 13.2 Å². The molecule has 2 nitrogen and oxygen atoms in total. The largest absolute Gasteiger partial charge is 0.266 e. The van der Waals surface area contributed by atoms with Crippen molar-refractivity contribution >= 4 is 22.6 Å². The van der Waals surface area contributed by atoms with Gasteiger partial charge < -0.3 is 0 Å². The van der Waals surface area contributed by atoms with Gasteiger partial charge in [-0.2, -0.15) is 9.65 Å². The first-order chi connectivity index (χ1) is 6.56. The summed E-state index contributed by atoms with van der Waals surface area (Å²) in [6, 6.07) is 2.67. The van der Waals surface area contributed by atoms with Crippen LogP contribution >= 0.6 is 22.6 Å². The highest BCUT2D eigenvalue weighted by Crippen LogP contribution is 2.25. The molecule has 0 saturated heterocycles. The number of halogens is 4. The standard InChI is InChI=1S/C8H4F3IN2/c9-6(10)5-3-4(1-2-13)7(11)14-8(5)12/h3,6H,1H2. The van der Waals surface area contributed by atoms with E-state index in [-0.39, 0.29) is 21.2 Å². The number of pyridine rings is 1. The normalized spacial score (nSPS) is 10.3. The van der Waals surface area contributed by atoms with Crippen LogP contribution in [0.25, 0.3) is 0 Å². The van der Waals surface area contributed by atoms with Crippen LogP contribution < -0.4 is 0 Å². The third-order valence-electron chi connectivity index (χ3n) is 1.53. The second-order valence-electron chi connectivity index (χ2n) is 2.45. The minimum atomic E-state index is -2.70. The summed E-state index contributed by atoms with van der Waals surface area (Å²) < 4.78 is 37.6. The van der Waals surface area contributed by atoms with E-state index in [1.54, 1.807) is 6.07 Å². The van der Waals surface area contributed by atoms with E-state index in [1.807, 2.05) is 0 Å². The van der Waals surface area contributed by atoms with E-state index in [4.69, 9.17) is 5.26 Å². The smallest absolute Gasteiger partial charge is 0.213 e. The van der Waals surface area contributed by atoms with Crippen LogP contribution in [0.4, 0.5) is 13.2 Å². The minimum Gasteiger partial charge on any atom is -0.213 e. The predicted octanol–water partition coefficient (Wildman–Crippen LogP) is 2.83. The van der Waals surface area contributed by atoms with Crippen molar-refractivity contribution in [1.29, 1.82) is 5.26 Å². The molecule has 0 unspecified atom stereocenters. The van der Waals surface area contributed by atoms with E-state index < -0.39 is 12.4 Å². The number of nitriles is 1. The number of alkyl halides is 2. The van der Waals surface area contributed by atoms with Crippen LogP contribution in [0.1, 0.15) is 17.6 Å². The van der Waals surface area contributed by atoms with Crippen molar-refractivity contribution in [2.75, 3.05) is 0 Å². The van der Waals surface area contributed by atoms with Crippen molar-refractivity contribution in [3.05, 3.63) is 26.8 Å². The van der Waals surface area contributed by atoms with Gasteiger partial charge in [-0.25, -0.2) is 13.8 Å². The molecule has 0 bridgehead atoms. The lowest BCUT2D eigenvalue weighted by Crippen LogP contribution is -2.01. The third kappa shape index (κ3) is 2.35. The fraction of sp³-hybridized carbons (Fsp3) is 0.250. The monoisotopic (exact) mass is 312 g/mol. The van der Waals surface area contributed by atoms with E-state index in [0.29, 0.717) is 0 Å². The number of hydrogen-bond donors (Lipinski definition) is 0. The van der Waals surface area contributed by atoms with Crippen LogP contribution in [0, 0.1) is 21.0 Å². The summed E-state index contributed by atoms with van der Waals surface area (Å²) in [5, 5.41) is 8.31. The van der Waals surface area contributed by atoms with Crippen LogP contribution in [0.15, 0.2) is 6.07 Å². The average Bonchev–Trinajstić information content (AvgIpc) is 2.09. The number of nitrogens with zero attached hydrogens (tertiary/aromatic N) is 2. The molecule has 0 fully saturated rings. The number of aromatic nitrogens is 1. The first-order valence-electron chi connectivity index (χ1n) is 3.56. The average molecular weight is 312 g/mol. The second-order valence-corrected chi connectivity index (χ2v) is 3.48. The molecule has 14 heavy (non-hydrogen) atoms. The molecule has 74 valence electrons. The molecule has 0 amide bonds. The molecule has 0 N–H and O–H groups in total. The fourth-order valence-electron chi connectivity index (χ4n) is 0.892. The van der Waals surface area contributed by atoms with Crippen molar-refractivity contribution in [2.45, 2.75) is 12.8 Å². The van der Waals surface area contributed by atoms with E-state index in [0.717, 1.165) is 6.07 Å². The molecule has 6 heteroatoms. The molecule has 0 aliphatic heterocycles. The van der Waals surface area contributed by atoms with Gasteiger partial charge in [-0.3, -0.25) is 0 Å². The van der Waals surface area contributed by atoms with Gasteiger partial charge in [-0.15, -0.1) is 0 Å². The van der Waals surface area contributed by atoms with Gasteiger partial charge in [0.1, 0.15) is 3.70 Å². The molecule has 0 aromatic carbocycles. The fourth-order valence-corrected chi connectivity index (χ4v) is 1.49. The molecule has 0 saturated carbocycles. The Morgan fingerprint density at radius 3 is 2.71 bits per heavy atom. The van der Waals surface area contributed by atoms with E-state index >= 15 is 0 Å². The lowest BCUT2D eigenvalue weighted by molar-refractivity contribution is 0.149. The maximum atomic E-state index is 13.0. The molecule has 0 spiro atoms. The summed E-state index contributed by atoms with van der Waals surface area (Å²) >= 11 is 1.53. The van der Waals surface area contributed by atoms with Crippen LogP contribution in [0.2, 0.25) is 0 Å². The third-order valence-corrected chi connectivity index (χ3v) is 2.40. The Balaban J connectivity index is 3.21. The molecule has 0 aliphatic rings. The van der Waals surface area contributed by atoms with Crippen molar-refractivity contribution in [3.63, 3.8) is 0 Å². The van der Waals surface area contributed by atoms with Crippen molar-refractivity contribution in [3.8, 4) is 6.07 Å². The Morgan fingerprint density at radius 1 is 1.57 bits per heavy atom. The van der Waals surface area contributed by atoms with Gasteiger partial charge >= 0.3 is 0 Å². The van der Waals surface area contributed by atoms with Crippen LogP contribution in [-0.4, -0.2) is 4.98 Å². The summed E-state index contributed by atoms with van der Waals surface area (Å²) in [7, 11) is 0. The predicted molar refractivity (Wildman–Crippen MR) is 51.2 cm³/mol. The maximum absolute atomic E-state index is 13.0. The molecule has 0 atom stereocenters. The first kappa shape index (κ1) is 11.2. The first-order valence-corrected chi connectivity index (χ1v) is 4.64. The van der Waals surface area contributed by atoms with Gasteiger partial charge in [0.25, 0.3) is 6.43 Å². The quantitative estimate of drug-likeness (QED) is 0.622. The Labute approximate surface area is 91.9 Å². The Kier molecular flexibility index (Phi) is 3.69. The van der Waals surface area contributed by atoms with Crippen LogP contribution in [0.5, 0.6) is 0 Å². The zero-order valence-corrected chi connectivity index (χ0v) is 8.93.